The normalized spacial score (nSPS) is 12.9. The molecule has 0 aliphatic carbocycles. The second-order valence-electron chi connectivity index (χ2n) is 3.80. The number of hydrogen-bond acceptors (Lipinski definition) is 2. The topological polar surface area (TPSA) is 46.2 Å². The fourth-order valence-electron chi connectivity index (χ4n) is 1.42. The van der Waals surface area contributed by atoms with E-state index in [0.29, 0.717) is 18.5 Å². The van der Waals surface area contributed by atoms with Crippen LogP contribution in [0.4, 0.5) is 4.39 Å². The van der Waals surface area contributed by atoms with Crippen molar-refractivity contribution in [1.29, 1.82) is 0 Å². The third-order valence-electron chi connectivity index (χ3n) is 2.26. The maximum absolute atomic E-state index is 13.1. The Kier molecular flexibility index (Phi) is 3.47. The molecule has 0 aliphatic rings. The van der Waals surface area contributed by atoms with Crippen molar-refractivity contribution in [3.63, 3.8) is 0 Å². The van der Waals surface area contributed by atoms with E-state index in [1.54, 1.807) is 13.0 Å². The molecule has 0 aliphatic heterocycles. The van der Waals surface area contributed by atoms with Gasteiger partial charge in [-0.2, -0.15) is 0 Å². The molecule has 0 amide bonds. The molecule has 2 nitrogen and oxygen atoms in total. The van der Waals surface area contributed by atoms with Gasteiger partial charge in [-0.25, -0.2) is 4.39 Å². The first-order valence-corrected chi connectivity index (χ1v) is 4.72. The first-order valence-electron chi connectivity index (χ1n) is 4.72. The molecule has 14 heavy (non-hydrogen) atoms. The minimum Gasteiger partial charge on any atom is -0.505 e. The molecule has 0 radical (unpaired) electrons. The summed E-state index contributed by atoms with van der Waals surface area (Å²) in [6.07, 6.45) is 0.612. The van der Waals surface area contributed by atoms with E-state index in [0.717, 1.165) is 5.56 Å². The number of aryl methyl sites for hydroxylation is 1. The highest BCUT2D eigenvalue weighted by molar-refractivity contribution is 5.37. The minimum absolute atomic E-state index is 0.240. The number of phenolic OH excluding ortho intramolecular Hbond substituents is 1. The largest absolute Gasteiger partial charge is 0.505 e. The van der Waals surface area contributed by atoms with Crippen LogP contribution in [0.5, 0.6) is 5.75 Å². The number of aromatic hydroxyl groups is 1. The predicted molar refractivity (Wildman–Crippen MR) is 54.7 cm³/mol. The van der Waals surface area contributed by atoms with E-state index in [4.69, 9.17) is 5.73 Å². The average molecular weight is 197 g/mol. The molecule has 0 spiro atoms. The highest BCUT2D eigenvalue weighted by Gasteiger charge is 2.10. The molecule has 1 rings (SSSR count). The summed E-state index contributed by atoms with van der Waals surface area (Å²) in [6.45, 7) is 4.31. The average Bonchev–Trinajstić information content (AvgIpc) is 2.13. The van der Waals surface area contributed by atoms with Crippen molar-refractivity contribution in [3.05, 3.63) is 29.1 Å². The SMILES string of the molecule is Cc1cc(F)c(O)c(CC(C)CN)c1. The standard InChI is InChI=1S/C11H16FNO/c1-7-3-9(4-8(2)6-13)11(14)10(12)5-7/h3,5,8,14H,4,6,13H2,1-2H3. The summed E-state index contributed by atoms with van der Waals surface area (Å²) >= 11 is 0. The summed E-state index contributed by atoms with van der Waals surface area (Å²) in [7, 11) is 0. The number of hydrogen-bond donors (Lipinski definition) is 2. The Hall–Kier alpha value is -1.09. The van der Waals surface area contributed by atoms with Crippen LogP contribution in [-0.2, 0) is 6.42 Å². The van der Waals surface area contributed by atoms with Crippen LogP contribution in [0.2, 0.25) is 0 Å². The molecular formula is C11H16FNO. The Bertz CT molecular complexity index is 325. The maximum Gasteiger partial charge on any atom is 0.165 e. The summed E-state index contributed by atoms with van der Waals surface area (Å²) in [6, 6.07) is 3.12. The smallest absolute Gasteiger partial charge is 0.165 e. The Morgan fingerprint density at radius 1 is 1.50 bits per heavy atom. The lowest BCUT2D eigenvalue weighted by Crippen LogP contribution is -2.13. The second-order valence-corrected chi connectivity index (χ2v) is 3.80. The highest BCUT2D eigenvalue weighted by atomic mass is 19.1. The summed E-state index contributed by atoms with van der Waals surface area (Å²) in [4.78, 5) is 0. The van der Waals surface area contributed by atoms with Crippen LogP contribution in [0, 0.1) is 18.7 Å². The maximum atomic E-state index is 13.1. The van der Waals surface area contributed by atoms with Gasteiger partial charge in [0.15, 0.2) is 11.6 Å². The number of halogens is 1. The second kappa shape index (κ2) is 4.42. The van der Waals surface area contributed by atoms with Crippen molar-refractivity contribution in [2.75, 3.05) is 6.54 Å². The number of nitrogens with two attached hydrogens (primary N) is 1. The number of benzene rings is 1. The van der Waals surface area contributed by atoms with E-state index in [2.05, 4.69) is 0 Å². The van der Waals surface area contributed by atoms with Gasteiger partial charge in [0.2, 0.25) is 0 Å². The van der Waals surface area contributed by atoms with Gasteiger partial charge in [0.25, 0.3) is 0 Å². The Morgan fingerprint density at radius 2 is 2.14 bits per heavy atom. The molecule has 78 valence electrons. The molecule has 0 aromatic heterocycles. The molecular weight excluding hydrogens is 181 g/mol. The predicted octanol–water partition coefficient (Wildman–Crippen LogP) is 1.98. The van der Waals surface area contributed by atoms with E-state index in [1.807, 2.05) is 6.92 Å². The molecule has 0 bridgehead atoms. The molecule has 3 N–H and O–H groups in total. The van der Waals surface area contributed by atoms with Crippen LogP contribution in [0.15, 0.2) is 12.1 Å². The van der Waals surface area contributed by atoms with Crippen LogP contribution in [-0.4, -0.2) is 11.7 Å². The van der Waals surface area contributed by atoms with Crippen molar-refractivity contribution in [1.82, 2.24) is 0 Å². The van der Waals surface area contributed by atoms with Crippen LogP contribution in [0.25, 0.3) is 0 Å². The van der Waals surface area contributed by atoms with Crippen LogP contribution >= 0.6 is 0 Å². The Morgan fingerprint density at radius 3 is 2.71 bits per heavy atom. The summed E-state index contributed by atoms with van der Waals surface area (Å²) < 4.78 is 13.1. The highest BCUT2D eigenvalue weighted by Crippen LogP contribution is 2.25. The zero-order valence-corrected chi connectivity index (χ0v) is 8.55. The quantitative estimate of drug-likeness (QED) is 0.778. The third kappa shape index (κ3) is 2.45. The van der Waals surface area contributed by atoms with Crippen LogP contribution in [0.1, 0.15) is 18.1 Å². The monoisotopic (exact) mass is 197 g/mol. The fourth-order valence-corrected chi connectivity index (χ4v) is 1.42. The summed E-state index contributed by atoms with van der Waals surface area (Å²) in [5, 5.41) is 9.45. The van der Waals surface area contributed by atoms with Crippen molar-refractivity contribution >= 4 is 0 Å². The molecule has 0 saturated heterocycles. The van der Waals surface area contributed by atoms with Crippen molar-refractivity contribution in [2.45, 2.75) is 20.3 Å². The molecule has 1 aromatic carbocycles. The lowest BCUT2D eigenvalue weighted by molar-refractivity contribution is 0.420. The van der Waals surface area contributed by atoms with Crippen molar-refractivity contribution in [2.24, 2.45) is 11.7 Å². The first-order chi connectivity index (χ1) is 6.54. The molecule has 1 atom stereocenters. The van der Waals surface area contributed by atoms with E-state index in [9.17, 15) is 9.50 Å². The number of phenols is 1. The molecule has 1 aromatic rings. The Balaban J connectivity index is 2.96. The number of rotatable bonds is 3. The Labute approximate surface area is 83.6 Å². The van der Waals surface area contributed by atoms with Crippen molar-refractivity contribution in [3.8, 4) is 5.75 Å². The van der Waals surface area contributed by atoms with Crippen LogP contribution < -0.4 is 5.73 Å². The van der Waals surface area contributed by atoms with Crippen molar-refractivity contribution < 1.29 is 9.50 Å². The zero-order valence-electron chi connectivity index (χ0n) is 8.55. The third-order valence-corrected chi connectivity index (χ3v) is 2.26. The lowest BCUT2D eigenvalue weighted by atomic mass is 9.99. The van der Waals surface area contributed by atoms with Gasteiger partial charge in [0, 0.05) is 0 Å². The lowest BCUT2D eigenvalue weighted by Gasteiger charge is -2.11. The van der Waals surface area contributed by atoms with Gasteiger partial charge in [0.05, 0.1) is 0 Å². The molecule has 0 fully saturated rings. The minimum atomic E-state index is -0.552. The molecule has 1 unspecified atom stereocenters. The van der Waals surface area contributed by atoms with Gasteiger partial charge in [-0.05, 0) is 43.0 Å². The van der Waals surface area contributed by atoms with Gasteiger partial charge in [-0.15, -0.1) is 0 Å². The summed E-state index contributed by atoms with van der Waals surface area (Å²) in [5.74, 6) is -0.540. The van der Waals surface area contributed by atoms with Crippen LogP contribution in [0.3, 0.4) is 0 Å². The van der Waals surface area contributed by atoms with Gasteiger partial charge in [0.1, 0.15) is 0 Å². The van der Waals surface area contributed by atoms with Gasteiger partial charge < -0.3 is 10.8 Å². The molecule has 0 saturated carbocycles. The van der Waals surface area contributed by atoms with E-state index in [-0.39, 0.29) is 11.7 Å². The van der Waals surface area contributed by atoms with E-state index >= 15 is 0 Å². The molecule has 3 heteroatoms. The fraction of sp³-hybridized carbons (Fsp3) is 0.455. The summed E-state index contributed by atoms with van der Waals surface area (Å²) in [5.41, 5.74) is 6.93. The van der Waals surface area contributed by atoms with E-state index in [1.165, 1.54) is 6.07 Å². The van der Waals surface area contributed by atoms with Gasteiger partial charge in [-0.1, -0.05) is 13.0 Å². The van der Waals surface area contributed by atoms with Gasteiger partial charge >= 0.3 is 0 Å². The first kappa shape index (κ1) is 11.0. The van der Waals surface area contributed by atoms with E-state index < -0.39 is 5.82 Å². The molecule has 0 heterocycles. The van der Waals surface area contributed by atoms with Gasteiger partial charge in [-0.3, -0.25) is 0 Å². The zero-order chi connectivity index (χ0) is 10.7.